The standard InChI is InChI=1S/C14H21NO/c1-10(2)9-16-14-11(3)6-13(8-15-5)7-12(14)4/h6-7,15H,1,8-9H2,2-5H3. The number of hydrogen-bond acceptors (Lipinski definition) is 2. The van der Waals surface area contributed by atoms with Gasteiger partial charge in [0, 0.05) is 6.54 Å². The number of ether oxygens (including phenoxy) is 1. The predicted octanol–water partition coefficient (Wildman–Crippen LogP) is 2.98. The molecule has 0 fully saturated rings. The van der Waals surface area contributed by atoms with Crippen molar-refractivity contribution in [2.75, 3.05) is 13.7 Å². The molecular formula is C14H21NO. The lowest BCUT2D eigenvalue weighted by molar-refractivity contribution is 0.347. The van der Waals surface area contributed by atoms with E-state index in [-0.39, 0.29) is 0 Å². The van der Waals surface area contributed by atoms with Gasteiger partial charge in [-0.15, -0.1) is 0 Å². The Kier molecular flexibility index (Phi) is 4.56. The monoisotopic (exact) mass is 219 g/mol. The van der Waals surface area contributed by atoms with Crippen molar-refractivity contribution in [3.8, 4) is 5.75 Å². The van der Waals surface area contributed by atoms with Crippen LogP contribution in [-0.4, -0.2) is 13.7 Å². The highest BCUT2D eigenvalue weighted by Gasteiger charge is 2.06. The molecule has 0 aliphatic rings. The van der Waals surface area contributed by atoms with E-state index in [1.54, 1.807) is 0 Å². The fraction of sp³-hybridized carbons (Fsp3) is 0.429. The minimum atomic E-state index is 0.590. The van der Waals surface area contributed by atoms with E-state index in [0.717, 1.165) is 17.9 Å². The zero-order chi connectivity index (χ0) is 12.1. The molecule has 16 heavy (non-hydrogen) atoms. The van der Waals surface area contributed by atoms with Crippen LogP contribution < -0.4 is 10.1 Å². The summed E-state index contributed by atoms with van der Waals surface area (Å²) in [6.45, 7) is 11.5. The Hall–Kier alpha value is -1.28. The van der Waals surface area contributed by atoms with Crippen molar-refractivity contribution in [2.24, 2.45) is 0 Å². The molecule has 0 saturated heterocycles. The van der Waals surface area contributed by atoms with E-state index in [1.807, 2.05) is 14.0 Å². The van der Waals surface area contributed by atoms with E-state index in [0.29, 0.717) is 6.61 Å². The van der Waals surface area contributed by atoms with Crippen molar-refractivity contribution in [2.45, 2.75) is 27.3 Å². The Morgan fingerprint density at radius 2 is 1.88 bits per heavy atom. The molecule has 0 aromatic heterocycles. The van der Waals surface area contributed by atoms with Gasteiger partial charge >= 0.3 is 0 Å². The van der Waals surface area contributed by atoms with Crippen LogP contribution >= 0.6 is 0 Å². The smallest absolute Gasteiger partial charge is 0.125 e. The van der Waals surface area contributed by atoms with Crippen LogP contribution in [0, 0.1) is 13.8 Å². The number of benzene rings is 1. The Bertz CT molecular complexity index is 359. The Morgan fingerprint density at radius 1 is 1.31 bits per heavy atom. The van der Waals surface area contributed by atoms with Gasteiger partial charge in [-0.3, -0.25) is 0 Å². The van der Waals surface area contributed by atoms with Gasteiger partial charge in [0.1, 0.15) is 12.4 Å². The van der Waals surface area contributed by atoms with E-state index >= 15 is 0 Å². The largest absolute Gasteiger partial charge is 0.489 e. The molecule has 0 spiro atoms. The van der Waals surface area contributed by atoms with Crippen LogP contribution in [0.15, 0.2) is 24.3 Å². The molecule has 0 unspecified atom stereocenters. The highest BCUT2D eigenvalue weighted by atomic mass is 16.5. The zero-order valence-corrected chi connectivity index (χ0v) is 10.7. The van der Waals surface area contributed by atoms with Gasteiger partial charge in [0.2, 0.25) is 0 Å². The maximum absolute atomic E-state index is 5.74. The molecular weight excluding hydrogens is 198 g/mol. The van der Waals surface area contributed by atoms with Crippen molar-refractivity contribution >= 4 is 0 Å². The van der Waals surface area contributed by atoms with Gasteiger partial charge in [-0.2, -0.15) is 0 Å². The number of nitrogens with one attached hydrogen (secondary N) is 1. The molecule has 0 heterocycles. The van der Waals surface area contributed by atoms with Gasteiger partial charge in [-0.25, -0.2) is 0 Å². The topological polar surface area (TPSA) is 21.3 Å². The summed E-state index contributed by atoms with van der Waals surface area (Å²) in [5.41, 5.74) is 4.70. The molecule has 0 bridgehead atoms. The first kappa shape index (κ1) is 12.8. The molecule has 0 amide bonds. The molecule has 2 nitrogen and oxygen atoms in total. The Morgan fingerprint density at radius 3 is 2.31 bits per heavy atom. The lowest BCUT2D eigenvalue weighted by atomic mass is 10.1. The molecule has 0 atom stereocenters. The van der Waals surface area contributed by atoms with Crippen molar-refractivity contribution in [3.63, 3.8) is 0 Å². The highest BCUT2D eigenvalue weighted by Crippen LogP contribution is 2.25. The molecule has 88 valence electrons. The molecule has 0 aliphatic heterocycles. The molecule has 1 rings (SSSR count). The van der Waals surface area contributed by atoms with Crippen molar-refractivity contribution < 1.29 is 4.74 Å². The summed E-state index contributed by atoms with van der Waals surface area (Å²) in [4.78, 5) is 0. The van der Waals surface area contributed by atoms with Gasteiger partial charge in [0.25, 0.3) is 0 Å². The summed E-state index contributed by atoms with van der Waals surface area (Å²) in [6, 6.07) is 4.33. The fourth-order valence-corrected chi connectivity index (χ4v) is 1.77. The SMILES string of the molecule is C=C(C)COc1c(C)cc(CNC)cc1C. The summed E-state index contributed by atoms with van der Waals surface area (Å²) in [5.74, 6) is 0.989. The zero-order valence-electron chi connectivity index (χ0n) is 10.7. The molecule has 0 saturated carbocycles. The first-order chi connectivity index (χ1) is 7.54. The van der Waals surface area contributed by atoms with Gasteiger partial charge in [0.05, 0.1) is 0 Å². The third kappa shape index (κ3) is 3.38. The van der Waals surface area contributed by atoms with E-state index in [4.69, 9.17) is 4.74 Å². The lowest BCUT2D eigenvalue weighted by Gasteiger charge is -2.14. The summed E-state index contributed by atoms with van der Waals surface area (Å²) >= 11 is 0. The molecule has 0 radical (unpaired) electrons. The first-order valence-corrected chi connectivity index (χ1v) is 5.56. The van der Waals surface area contributed by atoms with Crippen LogP contribution in [0.4, 0.5) is 0 Å². The Balaban J connectivity index is 2.89. The maximum atomic E-state index is 5.74. The minimum absolute atomic E-state index is 0.590. The molecule has 1 aromatic carbocycles. The Labute approximate surface area is 98.3 Å². The number of hydrogen-bond donors (Lipinski definition) is 1. The first-order valence-electron chi connectivity index (χ1n) is 5.56. The van der Waals surface area contributed by atoms with Crippen LogP contribution in [0.25, 0.3) is 0 Å². The fourth-order valence-electron chi connectivity index (χ4n) is 1.77. The third-order valence-electron chi connectivity index (χ3n) is 2.36. The quantitative estimate of drug-likeness (QED) is 0.769. The molecule has 1 aromatic rings. The van der Waals surface area contributed by atoms with Crippen LogP contribution in [0.1, 0.15) is 23.6 Å². The van der Waals surface area contributed by atoms with Crippen LogP contribution in [0.2, 0.25) is 0 Å². The van der Waals surface area contributed by atoms with E-state index in [1.165, 1.54) is 16.7 Å². The van der Waals surface area contributed by atoms with E-state index in [9.17, 15) is 0 Å². The van der Waals surface area contributed by atoms with Gasteiger partial charge in [0.15, 0.2) is 0 Å². The number of aryl methyl sites for hydroxylation is 2. The third-order valence-corrected chi connectivity index (χ3v) is 2.36. The predicted molar refractivity (Wildman–Crippen MR) is 69.0 cm³/mol. The van der Waals surface area contributed by atoms with Gasteiger partial charge in [-0.1, -0.05) is 18.7 Å². The van der Waals surface area contributed by atoms with Crippen LogP contribution in [0.5, 0.6) is 5.75 Å². The second kappa shape index (κ2) is 5.71. The normalized spacial score (nSPS) is 10.2. The summed E-state index contributed by atoms with van der Waals surface area (Å²) in [5, 5.41) is 3.15. The van der Waals surface area contributed by atoms with Crippen molar-refractivity contribution in [1.82, 2.24) is 5.32 Å². The molecule has 0 aliphatic carbocycles. The maximum Gasteiger partial charge on any atom is 0.125 e. The minimum Gasteiger partial charge on any atom is -0.489 e. The summed E-state index contributed by atoms with van der Waals surface area (Å²) in [7, 11) is 1.95. The average Bonchev–Trinajstić information content (AvgIpc) is 2.16. The molecule has 2 heteroatoms. The van der Waals surface area contributed by atoms with E-state index in [2.05, 4.69) is 37.9 Å². The molecule has 1 N–H and O–H groups in total. The van der Waals surface area contributed by atoms with Crippen LogP contribution in [0.3, 0.4) is 0 Å². The van der Waals surface area contributed by atoms with Gasteiger partial charge in [-0.05, 0) is 50.1 Å². The van der Waals surface area contributed by atoms with Crippen molar-refractivity contribution in [1.29, 1.82) is 0 Å². The lowest BCUT2D eigenvalue weighted by Crippen LogP contribution is -2.07. The highest BCUT2D eigenvalue weighted by molar-refractivity contribution is 5.43. The van der Waals surface area contributed by atoms with Crippen LogP contribution in [-0.2, 0) is 6.54 Å². The van der Waals surface area contributed by atoms with E-state index < -0.39 is 0 Å². The summed E-state index contributed by atoms with van der Waals surface area (Å²) in [6.07, 6.45) is 0. The van der Waals surface area contributed by atoms with Crippen molar-refractivity contribution in [3.05, 3.63) is 41.0 Å². The van der Waals surface area contributed by atoms with Gasteiger partial charge < -0.3 is 10.1 Å². The second-order valence-electron chi connectivity index (χ2n) is 4.33. The average molecular weight is 219 g/mol. The summed E-state index contributed by atoms with van der Waals surface area (Å²) < 4.78 is 5.74. The second-order valence-corrected chi connectivity index (χ2v) is 4.33. The number of rotatable bonds is 5.